The van der Waals surface area contributed by atoms with Crippen LogP contribution in [0.25, 0.3) is 22.2 Å². The normalized spacial score (nSPS) is 10.7. The second-order valence-corrected chi connectivity index (χ2v) is 5.07. The van der Waals surface area contributed by atoms with Gasteiger partial charge in [0.1, 0.15) is 0 Å². The fourth-order valence-corrected chi connectivity index (χ4v) is 2.44. The number of para-hydroxylation sites is 1. The molecule has 0 unspecified atom stereocenters. The number of rotatable bonds is 3. The van der Waals surface area contributed by atoms with Crippen molar-refractivity contribution in [2.45, 2.75) is 0 Å². The molecule has 2 N–H and O–H groups in total. The maximum atomic E-state index is 4.44. The molecular weight excluding hydrogens is 272 g/mol. The van der Waals surface area contributed by atoms with Crippen LogP contribution < -0.4 is 5.32 Å². The van der Waals surface area contributed by atoms with Crippen molar-refractivity contribution in [1.29, 1.82) is 0 Å². The third-order valence-corrected chi connectivity index (χ3v) is 3.53. The Kier molecular flexibility index (Phi) is 3.05. The van der Waals surface area contributed by atoms with Gasteiger partial charge in [0.2, 0.25) is 0 Å². The molecule has 4 rings (SSSR count). The molecule has 4 nitrogen and oxygen atoms in total. The van der Waals surface area contributed by atoms with E-state index in [0.29, 0.717) is 0 Å². The molecule has 2 aromatic heterocycles. The van der Waals surface area contributed by atoms with Crippen LogP contribution in [0.4, 0.5) is 11.5 Å². The lowest BCUT2D eigenvalue weighted by molar-refractivity contribution is 1.10. The number of pyridine rings is 1. The smallest absolute Gasteiger partial charge is 0.152 e. The van der Waals surface area contributed by atoms with Crippen LogP contribution in [0.3, 0.4) is 0 Å². The summed E-state index contributed by atoms with van der Waals surface area (Å²) in [5.41, 5.74) is 4.00. The monoisotopic (exact) mass is 286 g/mol. The van der Waals surface area contributed by atoms with E-state index < -0.39 is 0 Å². The fourth-order valence-electron chi connectivity index (χ4n) is 2.44. The van der Waals surface area contributed by atoms with E-state index in [-0.39, 0.29) is 0 Å². The summed E-state index contributed by atoms with van der Waals surface area (Å²) in [5, 5.41) is 11.7. The zero-order valence-corrected chi connectivity index (χ0v) is 11.8. The summed E-state index contributed by atoms with van der Waals surface area (Å²) in [6.07, 6.45) is 1.82. The molecule has 0 spiro atoms. The second-order valence-electron chi connectivity index (χ2n) is 5.07. The minimum atomic E-state index is 0.774. The Morgan fingerprint density at radius 1 is 0.864 bits per heavy atom. The van der Waals surface area contributed by atoms with E-state index in [1.165, 1.54) is 0 Å². The molecule has 0 aliphatic carbocycles. The predicted octanol–water partition coefficient (Wildman–Crippen LogP) is 4.37. The lowest BCUT2D eigenvalue weighted by Gasteiger charge is -2.03. The first-order chi connectivity index (χ1) is 10.9. The maximum absolute atomic E-state index is 4.44. The molecular formula is C18H14N4. The van der Waals surface area contributed by atoms with Gasteiger partial charge in [0, 0.05) is 11.5 Å². The summed E-state index contributed by atoms with van der Waals surface area (Å²) in [5.74, 6) is 0.774. The van der Waals surface area contributed by atoms with Crippen molar-refractivity contribution >= 4 is 22.4 Å². The first kappa shape index (κ1) is 12.6. The molecule has 106 valence electrons. The Balaban J connectivity index is 1.61. The number of nitrogens with one attached hydrogen (secondary N) is 2. The lowest BCUT2D eigenvalue weighted by atomic mass is 10.1. The highest BCUT2D eigenvalue weighted by molar-refractivity contribution is 5.82. The van der Waals surface area contributed by atoms with Crippen LogP contribution in [-0.2, 0) is 0 Å². The number of nitrogens with zero attached hydrogens (tertiary/aromatic N) is 2. The molecule has 0 amide bonds. The number of H-pyrrole nitrogens is 1. The van der Waals surface area contributed by atoms with Gasteiger partial charge in [-0.05, 0) is 17.7 Å². The molecule has 0 atom stereocenters. The Bertz CT molecular complexity index is 912. The number of benzene rings is 2. The van der Waals surface area contributed by atoms with E-state index in [4.69, 9.17) is 0 Å². The second kappa shape index (κ2) is 5.33. The zero-order chi connectivity index (χ0) is 14.8. The average Bonchev–Trinajstić information content (AvgIpc) is 3.04. The van der Waals surface area contributed by atoms with Gasteiger partial charge < -0.3 is 5.32 Å². The van der Waals surface area contributed by atoms with Gasteiger partial charge in [0.15, 0.2) is 5.82 Å². The molecule has 2 aromatic carbocycles. The van der Waals surface area contributed by atoms with Gasteiger partial charge in [-0.1, -0.05) is 48.5 Å². The van der Waals surface area contributed by atoms with Gasteiger partial charge in [-0.15, -0.1) is 0 Å². The van der Waals surface area contributed by atoms with E-state index in [9.17, 15) is 0 Å². The number of anilines is 2. The number of fused-ring (bicyclic) bond motifs is 1. The van der Waals surface area contributed by atoms with Crippen LogP contribution in [0, 0.1) is 0 Å². The molecule has 22 heavy (non-hydrogen) atoms. The first-order valence-corrected chi connectivity index (χ1v) is 7.11. The Morgan fingerprint density at radius 3 is 2.59 bits per heavy atom. The Hall–Kier alpha value is -3.14. The topological polar surface area (TPSA) is 53.6 Å². The fraction of sp³-hybridized carbons (Fsp3) is 0. The summed E-state index contributed by atoms with van der Waals surface area (Å²) in [7, 11) is 0. The quantitative estimate of drug-likeness (QED) is 0.588. The van der Waals surface area contributed by atoms with E-state index in [2.05, 4.69) is 38.7 Å². The summed E-state index contributed by atoms with van der Waals surface area (Å²) >= 11 is 0. The zero-order valence-electron chi connectivity index (χ0n) is 11.8. The highest BCUT2D eigenvalue weighted by Gasteiger charge is 2.04. The Labute approximate surface area is 127 Å². The average molecular weight is 286 g/mol. The Morgan fingerprint density at radius 2 is 1.68 bits per heavy atom. The van der Waals surface area contributed by atoms with Crippen LogP contribution in [0.2, 0.25) is 0 Å². The van der Waals surface area contributed by atoms with Gasteiger partial charge in [-0.2, -0.15) is 5.10 Å². The van der Waals surface area contributed by atoms with E-state index in [1.54, 1.807) is 0 Å². The molecule has 2 heterocycles. The molecule has 0 fully saturated rings. The first-order valence-electron chi connectivity index (χ1n) is 7.11. The van der Waals surface area contributed by atoms with E-state index in [1.807, 2.05) is 54.7 Å². The van der Waals surface area contributed by atoms with Gasteiger partial charge in [0.05, 0.1) is 23.1 Å². The molecule has 0 radical (unpaired) electrons. The van der Waals surface area contributed by atoms with Crippen LogP contribution in [0.1, 0.15) is 0 Å². The van der Waals surface area contributed by atoms with Crippen molar-refractivity contribution in [2.24, 2.45) is 0 Å². The lowest BCUT2D eigenvalue weighted by Crippen LogP contribution is -1.91. The van der Waals surface area contributed by atoms with Crippen molar-refractivity contribution < 1.29 is 0 Å². The molecule has 0 aliphatic rings. The standard InChI is InChI=1S/C18H14N4/c1-2-6-13(7-3-1)17-11-18(22-21-17)20-15-10-14-8-4-5-9-16(14)19-12-15/h1-12H,(H2,20,21,22). The van der Waals surface area contributed by atoms with Crippen LogP contribution in [0.5, 0.6) is 0 Å². The van der Waals surface area contributed by atoms with Crippen molar-refractivity contribution in [3.8, 4) is 11.3 Å². The molecule has 4 heteroatoms. The largest absolute Gasteiger partial charge is 0.337 e. The summed E-state index contributed by atoms with van der Waals surface area (Å²) in [6, 6.07) is 22.2. The van der Waals surface area contributed by atoms with Gasteiger partial charge >= 0.3 is 0 Å². The number of hydrogen-bond donors (Lipinski definition) is 2. The highest BCUT2D eigenvalue weighted by atomic mass is 15.2. The minimum absolute atomic E-state index is 0.774. The molecule has 0 bridgehead atoms. The van der Waals surface area contributed by atoms with Crippen molar-refractivity contribution in [3.05, 3.63) is 72.9 Å². The predicted molar refractivity (Wildman–Crippen MR) is 89.0 cm³/mol. The van der Waals surface area contributed by atoms with Crippen molar-refractivity contribution in [2.75, 3.05) is 5.32 Å². The maximum Gasteiger partial charge on any atom is 0.152 e. The highest BCUT2D eigenvalue weighted by Crippen LogP contribution is 2.23. The van der Waals surface area contributed by atoms with Crippen LogP contribution in [-0.4, -0.2) is 15.2 Å². The van der Waals surface area contributed by atoms with Gasteiger partial charge in [-0.25, -0.2) is 0 Å². The van der Waals surface area contributed by atoms with E-state index >= 15 is 0 Å². The third kappa shape index (κ3) is 2.42. The number of aromatic amines is 1. The SMILES string of the molecule is c1ccc(-c2cc(Nc3cnc4ccccc4c3)n[nH]2)cc1. The molecule has 0 saturated heterocycles. The number of hydrogen-bond acceptors (Lipinski definition) is 3. The summed E-state index contributed by atoms with van der Waals surface area (Å²) < 4.78 is 0. The molecule has 0 aliphatic heterocycles. The van der Waals surface area contributed by atoms with E-state index in [0.717, 1.165) is 33.7 Å². The van der Waals surface area contributed by atoms with Crippen LogP contribution in [0.15, 0.2) is 72.9 Å². The summed E-state index contributed by atoms with van der Waals surface area (Å²) in [4.78, 5) is 4.44. The third-order valence-electron chi connectivity index (χ3n) is 3.53. The minimum Gasteiger partial charge on any atom is -0.337 e. The van der Waals surface area contributed by atoms with Gasteiger partial charge in [-0.3, -0.25) is 10.1 Å². The summed E-state index contributed by atoms with van der Waals surface area (Å²) in [6.45, 7) is 0. The molecule has 0 saturated carbocycles. The molecule has 4 aromatic rings. The van der Waals surface area contributed by atoms with Crippen molar-refractivity contribution in [1.82, 2.24) is 15.2 Å². The van der Waals surface area contributed by atoms with Crippen molar-refractivity contribution in [3.63, 3.8) is 0 Å². The number of aromatic nitrogens is 3. The van der Waals surface area contributed by atoms with Gasteiger partial charge in [0.25, 0.3) is 0 Å². The van der Waals surface area contributed by atoms with Crippen LogP contribution >= 0.6 is 0 Å².